The number of hydrogen-bond donors (Lipinski definition) is 3. The van der Waals surface area contributed by atoms with Gasteiger partial charge in [-0.3, -0.25) is 0 Å². The Balaban J connectivity index is 3.01. The van der Waals surface area contributed by atoms with Crippen LogP contribution in [0.1, 0.15) is 33.3 Å². The van der Waals surface area contributed by atoms with Gasteiger partial charge < -0.3 is 20.9 Å². The first-order valence-electron chi connectivity index (χ1n) is 6.15. The van der Waals surface area contributed by atoms with Crippen LogP contribution in [-0.4, -0.2) is 22.8 Å². The predicted molar refractivity (Wildman–Crippen MR) is 75.2 cm³/mol. The average molecular weight is 280 g/mol. The monoisotopic (exact) mass is 280 g/mol. The first kappa shape index (κ1) is 15.8. The molecule has 20 heavy (non-hydrogen) atoms. The maximum absolute atomic E-state index is 11.8. The summed E-state index contributed by atoms with van der Waals surface area (Å²) in [6.45, 7) is 6.50. The van der Waals surface area contributed by atoms with Crippen LogP contribution in [0.4, 0.5) is 10.5 Å². The number of carboxylic acid groups (broad SMARTS) is 1. The van der Waals surface area contributed by atoms with Gasteiger partial charge in [0, 0.05) is 5.69 Å². The lowest BCUT2D eigenvalue weighted by atomic mass is 9.92. The van der Waals surface area contributed by atoms with E-state index in [0.29, 0.717) is 11.3 Å². The first-order chi connectivity index (χ1) is 9.04. The molecule has 0 aliphatic heterocycles. The predicted octanol–water partition coefficient (Wildman–Crippen LogP) is 2.09. The minimum absolute atomic E-state index is 0.407. The zero-order valence-corrected chi connectivity index (χ0v) is 12.1. The van der Waals surface area contributed by atoms with Gasteiger partial charge in [0.15, 0.2) is 5.54 Å². The van der Waals surface area contributed by atoms with Gasteiger partial charge in [0.1, 0.15) is 5.60 Å². The minimum atomic E-state index is -1.59. The third kappa shape index (κ3) is 3.88. The van der Waals surface area contributed by atoms with E-state index in [9.17, 15) is 14.7 Å². The maximum Gasteiger partial charge on any atom is 0.408 e. The van der Waals surface area contributed by atoms with Gasteiger partial charge >= 0.3 is 12.1 Å². The van der Waals surface area contributed by atoms with Crippen LogP contribution in [0.3, 0.4) is 0 Å². The van der Waals surface area contributed by atoms with E-state index in [-0.39, 0.29) is 0 Å². The molecule has 0 aromatic heterocycles. The molecule has 0 spiro atoms. The normalized spacial score (nSPS) is 14.2. The molecule has 1 atom stereocenters. The molecule has 1 aromatic carbocycles. The van der Waals surface area contributed by atoms with Crippen molar-refractivity contribution in [1.29, 1.82) is 0 Å². The van der Waals surface area contributed by atoms with Crippen LogP contribution in [-0.2, 0) is 15.1 Å². The fraction of sp³-hybridized carbons (Fsp3) is 0.429. The average Bonchev–Trinajstić information content (AvgIpc) is 2.26. The molecule has 0 aliphatic rings. The lowest BCUT2D eigenvalue weighted by molar-refractivity contribution is -0.144. The third-order valence-electron chi connectivity index (χ3n) is 2.67. The number of hydrogen-bond acceptors (Lipinski definition) is 4. The number of amides is 1. The molecule has 6 nitrogen and oxygen atoms in total. The summed E-state index contributed by atoms with van der Waals surface area (Å²) in [5.74, 6) is -1.19. The van der Waals surface area contributed by atoms with Crippen LogP contribution >= 0.6 is 0 Å². The zero-order chi connectivity index (χ0) is 15.6. The van der Waals surface area contributed by atoms with Crippen LogP contribution in [0, 0.1) is 0 Å². The lowest BCUT2D eigenvalue weighted by Crippen LogP contribution is -2.51. The first-order valence-corrected chi connectivity index (χ1v) is 6.15. The van der Waals surface area contributed by atoms with E-state index in [1.165, 1.54) is 6.92 Å². The highest BCUT2D eigenvalue weighted by Gasteiger charge is 2.38. The van der Waals surface area contributed by atoms with E-state index >= 15 is 0 Å². The molecule has 0 heterocycles. The topological polar surface area (TPSA) is 102 Å². The van der Waals surface area contributed by atoms with Crippen molar-refractivity contribution >= 4 is 17.7 Å². The largest absolute Gasteiger partial charge is 0.479 e. The van der Waals surface area contributed by atoms with Crippen LogP contribution in [0.5, 0.6) is 0 Å². The number of ether oxygens (including phenoxy) is 1. The highest BCUT2D eigenvalue weighted by Crippen LogP contribution is 2.23. The fourth-order valence-electron chi connectivity index (χ4n) is 1.57. The molecule has 0 radical (unpaired) electrons. The smallest absolute Gasteiger partial charge is 0.408 e. The SMILES string of the molecule is CC(C)(C)OC(=O)NC(C)(C(=O)O)c1ccc(N)cc1. The molecule has 0 fully saturated rings. The summed E-state index contributed by atoms with van der Waals surface area (Å²) in [7, 11) is 0. The molecule has 1 unspecified atom stereocenters. The Labute approximate surface area is 117 Å². The number of aliphatic carboxylic acids is 1. The molecule has 110 valence electrons. The van der Waals surface area contributed by atoms with Crippen LogP contribution in [0.25, 0.3) is 0 Å². The van der Waals surface area contributed by atoms with Crippen molar-refractivity contribution in [3.8, 4) is 0 Å². The number of rotatable bonds is 3. The fourth-order valence-corrected chi connectivity index (χ4v) is 1.57. The van der Waals surface area contributed by atoms with Gasteiger partial charge in [-0.2, -0.15) is 0 Å². The maximum atomic E-state index is 11.8. The summed E-state index contributed by atoms with van der Waals surface area (Å²) in [5, 5.41) is 11.8. The van der Waals surface area contributed by atoms with E-state index in [2.05, 4.69) is 5.32 Å². The second-order valence-electron chi connectivity index (χ2n) is 5.68. The van der Waals surface area contributed by atoms with Crippen LogP contribution in [0.15, 0.2) is 24.3 Å². The molecular formula is C14H20N2O4. The van der Waals surface area contributed by atoms with E-state index in [1.807, 2.05) is 0 Å². The lowest BCUT2D eigenvalue weighted by Gasteiger charge is -2.29. The molecule has 1 aromatic rings. The van der Waals surface area contributed by atoms with Gasteiger partial charge in [0.05, 0.1) is 0 Å². The van der Waals surface area contributed by atoms with Gasteiger partial charge in [-0.1, -0.05) is 12.1 Å². The van der Waals surface area contributed by atoms with Crippen molar-refractivity contribution < 1.29 is 19.4 Å². The molecule has 4 N–H and O–H groups in total. The van der Waals surface area contributed by atoms with Crippen molar-refractivity contribution in [3.05, 3.63) is 29.8 Å². The summed E-state index contributed by atoms with van der Waals surface area (Å²) in [6, 6.07) is 6.27. The van der Waals surface area contributed by atoms with Crippen molar-refractivity contribution in [2.24, 2.45) is 0 Å². The summed E-state index contributed by atoms with van der Waals surface area (Å²) in [6.07, 6.45) is -0.792. The zero-order valence-electron chi connectivity index (χ0n) is 12.1. The molecule has 1 rings (SSSR count). The van der Waals surface area contributed by atoms with Crippen molar-refractivity contribution in [2.75, 3.05) is 5.73 Å². The Bertz CT molecular complexity index is 505. The van der Waals surface area contributed by atoms with Gasteiger partial charge in [0.2, 0.25) is 0 Å². The number of benzene rings is 1. The van der Waals surface area contributed by atoms with Crippen molar-refractivity contribution in [3.63, 3.8) is 0 Å². The highest BCUT2D eigenvalue weighted by atomic mass is 16.6. The molecular weight excluding hydrogens is 260 g/mol. The number of nitrogens with two attached hydrogens (primary N) is 1. The van der Waals surface area contributed by atoms with Crippen molar-refractivity contribution in [1.82, 2.24) is 5.32 Å². The number of alkyl carbamates (subject to hydrolysis) is 1. The number of carboxylic acids is 1. The third-order valence-corrected chi connectivity index (χ3v) is 2.67. The number of anilines is 1. The van der Waals surface area contributed by atoms with E-state index in [1.54, 1.807) is 45.0 Å². The van der Waals surface area contributed by atoms with E-state index in [4.69, 9.17) is 10.5 Å². The Hall–Kier alpha value is -2.24. The Morgan fingerprint density at radius 1 is 1.15 bits per heavy atom. The summed E-state index contributed by atoms with van der Waals surface area (Å²) >= 11 is 0. The summed E-state index contributed by atoms with van der Waals surface area (Å²) in [4.78, 5) is 23.3. The highest BCUT2D eigenvalue weighted by molar-refractivity contribution is 5.85. The number of carbonyl (C=O) groups excluding carboxylic acids is 1. The summed E-state index contributed by atoms with van der Waals surface area (Å²) < 4.78 is 5.09. The Morgan fingerprint density at radius 2 is 1.65 bits per heavy atom. The Morgan fingerprint density at radius 3 is 2.05 bits per heavy atom. The second kappa shape index (κ2) is 5.40. The molecule has 0 saturated carbocycles. The number of nitrogen functional groups attached to an aromatic ring is 1. The summed E-state index contributed by atoms with van der Waals surface area (Å²) in [5.41, 5.74) is 4.20. The molecule has 0 saturated heterocycles. The van der Waals surface area contributed by atoms with E-state index < -0.39 is 23.2 Å². The standard InChI is InChI=1S/C14H20N2O4/c1-13(2,3)20-12(19)16-14(4,11(17)18)9-5-7-10(15)8-6-9/h5-8H,15H2,1-4H3,(H,16,19)(H,17,18). The van der Waals surface area contributed by atoms with Crippen LogP contribution < -0.4 is 11.1 Å². The second-order valence-corrected chi connectivity index (χ2v) is 5.68. The Kier molecular flexibility index (Phi) is 4.27. The molecule has 6 heteroatoms. The molecule has 0 bridgehead atoms. The van der Waals surface area contributed by atoms with Gasteiger partial charge in [-0.15, -0.1) is 0 Å². The molecule has 0 aliphatic carbocycles. The quantitative estimate of drug-likeness (QED) is 0.736. The van der Waals surface area contributed by atoms with Crippen LogP contribution in [0.2, 0.25) is 0 Å². The minimum Gasteiger partial charge on any atom is -0.479 e. The number of nitrogens with one attached hydrogen (secondary N) is 1. The van der Waals surface area contributed by atoms with Gasteiger partial charge in [-0.05, 0) is 45.4 Å². The molecule has 1 amide bonds. The van der Waals surface area contributed by atoms with Crippen molar-refractivity contribution in [2.45, 2.75) is 38.8 Å². The number of carbonyl (C=O) groups is 2. The van der Waals surface area contributed by atoms with Gasteiger partial charge in [-0.25, -0.2) is 9.59 Å². The van der Waals surface area contributed by atoms with Gasteiger partial charge in [0.25, 0.3) is 0 Å². The van der Waals surface area contributed by atoms with E-state index in [0.717, 1.165) is 0 Å².